The minimum absolute atomic E-state index is 0.0870. The van der Waals surface area contributed by atoms with Gasteiger partial charge in [0.25, 0.3) is 0 Å². The molecular formula is C11H15N3O3S. The molecule has 7 heteroatoms. The number of aryl methyl sites for hydroxylation is 1. The zero-order valence-corrected chi connectivity index (χ0v) is 10.9. The van der Waals surface area contributed by atoms with Crippen LogP contribution in [0.2, 0.25) is 0 Å². The van der Waals surface area contributed by atoms with Crippen LogP contribution in [-0.2, 0) is 14.8 Å². The molecule has 98 valence electrons. The first-order chi connectivity index (χ1) is 8.35. The molecule has 2 heterocycles. The van der Waals surface area contributed by atoms with E-state index in [0.29, 0.717) is 12.2 Å². The fourth-order valence-corrected chi connectivity index (χ4v) is 3.04. The Kier molecular flexibility index (Phi) is 3.36. The molecular weight excluding hydrogens is 254 g/mol. The van der Waals surface area contributed by atoms with E-state index in [1.807, 2.05) is 13.0 Å². The average molecular weight is 269 g/mol. The summed E-state index contributed by atoms with van der Waals surface area (Å²) in [6.07, 6.45) is 3.51. The molecule has 1 saturated heterocycles. The summed E-state index contributed by atoms with van der Waals surface area (Å²) in [6.45, 7) is 2.26. The highest BCUT2D eigenvalue weighted by molar-refractivity contribution is 7.89. The molecule has 2 rings (SSSR count). The lowest BCUT2D eigenvalue weighted by Crippen LogP contribution is -2.27. The maximum atomic E-state index is 11.8. The van der Waals surface area contributed by atoms with Crippen LogP contribution in [0.5, 0.6) is 0 Å². The van der Waals surface area contributed by atoms with E-state index in [2.05, 4.69) is 4.98 Å². The lowest BCUT2D eigenvalue weighted by Gasteiger charge is -2.16. The lowest BCUT2D eigenvalue weighted by atomic mass is 10.1. The number of sulfonamides is 1. The number of primary sulfonamides is 1. The monoisotopic (exact) mass is 269 g/mol. The fraction of sp³-hybridized carbons (Fsp3) is 0.455. The second-order valence-corrected chi connectivity index (χ2v) is 6.28. The molecule has 2 N–H and O–H groups in total. The van der Waals surface area contributed by atoms with E-state index < -0.39 is 10.0 Å². The van der Waals surface area contributed by atoms with Crippen molar-refractivity contribution in [3.63, 3.8) is 0 Å². The first kappa shape index (κ1) is 13.0. The van der Waals surface area contributed by atoms with Gasteiger partial charge in [0, 0.05) is 25.1 Å². The zero-order chi connectivity index (χ0) is 13.3. The molecule has 0 spiro atoms. The van der Waals surface area contributed by atoms with Crippen LogP contribution in [0.3, 0.4) is 0 Å². The molecule has 18 heavy (non-hydrogen) atoms. The van der Waals surface area contributed by atoms with Crippen molar-refractivity contribution in [1.29, 1.82) is 0 Å². The van der Waals surface area contributed by atoms with Crippen LogP contribution in [0.25, 0.3) is 0 Å². The molecule has 1 fully saturated rings. The Morgan fingerprint density at radius 3 is 2.83 bits per heavy atom. The van der Waals surface area contributed by atoms with Crippen molar-refractivity contribution < 1.29 is 13.2 Å². The third-order valence-electron chi connectivity index (χ3n) is 2.85. The third kappa shape index (κ3) is 3.05. The van der Waals surface area contributed by atoms with Crippen LogP contribution in [0, 0.1) is 12.8 Å². The molecule has 0 radical (unpaired) electrons. The number of aromatic nitrogens is 1. The second kappa shape index (κ2) is 4.66. The Hall–Kier alpha value is -1.47. The topological polar surface area (TPSA) is 93.4 Å². The summed E-state index contributed by atoms with van der Waals surface area (Å²) < 4.78 is 22.1. The van der Waals surface area contributed by atoms with E-state index in [4.69, 9.17) is 5.14 Å². The van der Waals surface area contributed by atoms with Crippen LogP contribution in [0.1, 0.15) is 12.0 Å². The lowest BCUT2D eigenvalue weighted by molar-refractivity contribution is -0.117. The molecule has 1 aromatic rings. The Morgan fingerprint density at radius 1 is 1.50 bits per heavy atom. The van der Waals surface area contributed by atoms with Crippen LogP contribution >= 0.6 is 0 Å². The van der Waals surface area contributed by atoms with Gasteiger partial charge in [-0.15, -0.1) is 0 Å². The molecule has 0 aromatic carbocycles. The Labute approximate surface area is 106 Å². The number of anilines is 1. The van der Waals surface area contributed by atoms with E-state index >= 15 is 0 Å². The number of hydrogen-bond acceptors (Lipinski definition) is 4. The molecule has 1 aliphatic rings. The summed E-state index contributed by atoms with van der Waals surface area (Å²) >= 11 is 0. The number of pyridine rings is 1. The quantitative estimate of drug-likeness (QED) is 0.837. The van der Waals surface area contributed by atoms with Crippen molar-refractivity contribution in [2.24, 2.45) is 11.1 Å². The summed E-state index contributed by atoms with van der Waals surface area (Å²) in [5.41, 5.74) is 1.66. The number of nitrogens with two attached hydrogens (primary N) is 1. The summed E-state index contributed by atoms with van der Waals surface area (Å²) in [6, 6.07) is 1.85. The van der Waals surface area contributed by atoms with Gasteiger partial charge >= 0.3 is 0 Å². The number of nitrogens with zero attached hydrogens (tertiary/aromatic N) is 2. The van der Waals surface area contributed by atoms with Crippen molar-refractivity contribution in [1.82, 2.24) is 4.98 Å². The van der Waals surface area contributed by atoms with E-state index in [0.717, 1.165) is 5.56 Å². The van der Waals surface area contributed by atoms with Crippen molar-refractivity contribution >= 4 is 21.6 Å². The van der Waals surface area contributed by atoms with Gasteiger partial charge in [0.2, 0.25) is 15.9 Å². The number of rotatable bonds is 3. The Morgan fingerprint density at radius 2 is 2.22 bits per heavy atom. The van der Waals surface area contributed by atoms with Gasteiger partial charge in [-0.2, -0.15) is 0 Å². The van der Waals surface area contributed by atoms with Gasteiger partial charge in [0.15, 0.2) is 0 Å². The van der Waals surface area contributed by atoms with Crippen molar-refractivity contribution in [3.8, 4) is 0 Å². The Balaban J connectivity index is 2.15. The standard InChI is InChI=1S/C11H15N3O3S/c1-8-2-10(5-13-4-8)14-6-9(3-11(14)15)7-18(12,16)17/h2,4-5,9H,3,6-7H2,1H3,(H2,12,16,17). The van der Waals surface area contributed by atoms with Crippen molar-refractivity contribution in [3.05, 3.63) is 24.0 Å². The average Bonchev–Trinajstić information content (AvgIpc) is 2.56. The maximum absolute atomic E-state index is 11.8. The molecule has 1 aliphatic heterocycles. The van der Waals surface area contributed by atoms with E-state index in [1.54, 1.807) is 17.3 Å². The summed E-state index contributed by atoms with van der Waals surface area (Å²) in [4.78, 5) is 17.4. The molecule has 6 nitrogen and oxygen atoms in total. The van der Waals surface area contributed by atoms with Crippen molar-refractivity contribution in [2.75, 3.05) is 17.2 Å². The van der Waals surface area contributed by atoms with Crippen molar-refractivity contribution in [2.45, 2.75) is 13.3 Å². The first-order valence-corrected chi connectivity index (χ1v) is 7.29. The fourth-order valence-electron chi connectivity index (χ4n) is 2.16. The maximum Gasteiger partial charge on any atom is 0.227 e. The normalized spacial score (nSPS) is 20.4. The van der Waals surface area contributed by atoms with Gasteiger partial charge in [0.1, 0.15) is 0 Å². The third-order valence-corrected chi connectivity index (χ3v) is 3.78. The number of hydrogen-bond donors (Lipinski definition) is 1. The predicted octanol–water partition coefficient (Wildman–Crippen LogP) is 0.0314. The highest BCUT2D eigenvalue weighted by Gasteiger charge is 2.32. The van der Waals surface area contributed by atoms with Gasteiger partial charge in [0.05, 0.1) is 17.6 Å². The van der Waals surface area contributed by atoms with Gasteiger partial charge in [-0.1, -0.05) is 0 Å². The van der Waals surface area contributed by atoms with Gasteiger partial charge < -0.3 is 4.90 Å². The van der Waals surface area contributed by atoms with E-state index in [-0.39, 0.29) is 24.0 Å². The molecule has 0 saturated carbocycles. The smallest absolute Gasteiger partial charge is 0.227 e. The van der Waals surface area contributed by atoms with E-state index in [1.165, 1.54) is 0 Å². The SMILES string of the molecule is Cc1cncc(N2CC(CS(N)(=O)=O)CC2=O)c1. The molecule has 0 bridgehead atoms. The van der Waals surface area contributed by atoms with Crippen LogP contribution < -0.4 is 10.0 Å². The Bertz CT molecular complexity index is 571. The van der Waals surface area contributed by atoms with E-state index in [9.17, 15) is 13.2 Å². The summed E-state index contributed by atoms with van der Waals surface area (Å²) in [5.74, 6) is -0.488. The number of carbonyl (C=O) groups excluding carboxylic acids is 1. The number of carbonyl (C=O) groups is 1. The summed E-state index contributed by atoms with van der Waals surface area (Å²) in [7, 11) is -3.54. The zero-order valence-electron chi connectivity index (χ0n) is 10.0. The molecule has 1 aromatic heterocycles. The molecule has 1 amide bonds. The highest BCUT2D eigenvalue weighted by atomic mass is 32.2. The van der Waals surface area contributed by atoms with Gasteiger partial charge in [-0.25, -0.2) is 13.6 Å². The largest absolute Gasteiger partial charge is 0.311 e. The molecule has 1 atom stereocenters. The van der Waals surface area contributed by atoms with Gasteiger partial charge in [-0.3, -0.25) is 9.78 Å². The van der Waals surface area contributed by atoms with Crippen LogP contribution in [0.4, 0.5) is 5.69 Å². The minimum Gasteiger partial charge on any atom is -0.311 e. The minimum atomic E-state index is -3.54. The van der Waals surface area contributed by atoms with Crippen LogP contribution in [0.15, 0.2) is 18.5 Å². The highest BCUT2D eigenvalue weighted by Crippen LogP contribution is 2.25. The van der Waals surface area contributed by atoms with Gasteiger partial charge in [-0.05, 0) is 18.6 Å². The number of amides is 1. The second-order valence-electron chi connectivity index (χ2n) is 4.62. The molecule has 1 unspecified atom stereocenters. The molecule has 0 aliphatic carbocycles. The first-order valence-electron chi connectivity index (χ1n) is 5.57. The predicted molar refractivity (Wildman–Crippen MR) is 67.4 cm³/mol. The van der Waals surface area contributed by atoms with Crippen LogP contribution in [-0.4, -0.2) is 31.6 Å². The summed E-state index contributed by atoms with van der Waals surface area (Å²) in [5, 5.41) is 5.00.